The van der Waals surface area contributed by atoms with Crippen LogP contribution in [0.2, 0.25) is 0 Å². The van der Waals surface area contributed by atoms with Gasteiger partial charge in [-0.2, -0.15) is 0 Å². The minimum absolute atomic E-state index is 0.0589. The second kappa shape index (κ2) is 7.95. The van der Waals surface area contributed by atoms with Gasteiger partial charge in [0.05, 0.1) is 6.54 Å². The highest BCUT2D eigenvalue weighted by atomic mass is 16.1. The maximum absolute atomic E-state index is 11.8. The summed E-state index contributed by atoms with van der Waals surface area (Å²) in [6, 6.07) is 9.97. The summed E-state index contributed by atoms with van der Waals surface area (Å²) in [4.78, 5) is 11.8. The van der Waals surface area contributed by atoms with E-state index in [1.54, 1.807) is 0 Å². The number of benzene rings is 1. The Kier molecular flexibility index (Phi) is 6.57. The van der Waals surface area contributed by atoms with Crippen LogP contribution in [-0.4, -0.2) is 18.0 Å². The van der Waals surface area contributed by atoms with Crippen molar-refractivity contribution in [3.8, 4) is 0 Å². The van der Waals surface area contributed by atoms with Gasteiger partial charge in [-0.25, -0.2) is 0 Å². The van der Waals surface area contributed by atoms with E-state index >= 15 is 0 Å². The third-order valence-corrected chi connectivity index (χ3v) is 3.99. The van der Waals surface area contributed by atoms with Gasteiger partial charge in [0, 0.05) is 12.1 Å². The van der Waals surface area contributed by atoms with Gasteiger partial charge in [0.15, 0.2) is 0 Å². The van der Waals surface area contributed by atoms with Crippen molar-refractivity contribution in [2.24, 2.45) is 0 Å². The molecule has 0 saturated carbocycles. The maximum atomic E-state index is 11.8. The Bertz CT molecular complexity index is 363. The molecule has 3 nitrogen and oxygen atoms in total. The van der Waals surface area contributed by atoms with E-state index in [2.05, 4.69) is 31.4 Å². The Morgan fingerprint density at radius 3 is 2.16 bits per heavy atom. The number of carbonyl (C=O) groups excluding carboxylic acids is 1. The highest BCUT2D eigenvalue weighted by Crippen LogP contribution is 2.18. The first-order valence-electron chi connectivity index (χ1n) is 7.21. The van der Waals surface area contributed by atoms with Crippen LogP contribution in [0.4, 0.5) is 0 Å². The van der Waals surface area contributed by atoms with Crippen molar-refractivity contribution in [2.45, 2.75) is 52.1 Å². The summed E-state index contributed by atoms with van der Waals surface area (Å²) < 4.78 is 0. The van der Waals surface area contributed by atoms with Gasteiger partial charge in [0.1, 0.15) is 0 Å². The van der Waals surface area contributed by atoms with Crippen molar-refractivity contribution in [3.05, 3.63) is 35.9 Å². The SMILES string of the molecule is CCC(CC)(CC)NCC(=O)NCc1ccccc1. The molecule has 0 saturated heterocycles. The minimum Gasteiger partial charge on any atom is -0.351 e. The minimum atomic E-state index is 0.0589. The molecule has 0 aliphatic heterocycles. The molecule has 0 spiro atoms. The van der Waals surface area contributed by atoms with Gasteiger partial charge >= 0.3 is 0 Å². The normalized spacial score (nSPS) is 11.3. The van der Waals surface area contributed by atoms with Crippen LogP contribution in [0.15, 0.2) is 30.3 Å². The molecule has 0 atom stereocenters. The lowest BCUT2D eigenvalue weighted by Gasteiger charge is -2.31. The quantitative estimate of drug-likeness (QED) is 0.756. The fourth-order valence-electron chi connectivity index (χ4n) is 2.25. The topological polar surface area (TPSA) is 41.1 Å². The molecule has 0 aliphatic carbocycles. The Labute approximate surface area is 116 Å². The number of hydrogen-bond donors (Lipinski definition) is 2. The third kappa shape index (κ3) is 5.03. The zero-order valence-electron chi connectivity index (χ0n) is 12.3. The number of amides is 1. The van der Waals surface area contributed by atoms with E-state index in [1.165, 1.54) is 0 Å². The molecule has 1 aromatic carbocycles. The Balaban J connectivity index is 2.35. The van der Waals surface area contributed by atoms with Crippen molar-refractivity contribution < 1.29 is 4.79 Å². The van der Waals surface area contributed by atoms with E-state index in [0.29, 0.717) is 13.1 Å². The molecule has 0 aromatic heterocycles. The average molecular weight is 262 g/mol. The van der Waals surface area contributed by atoms with E-state index in [0.717, 1.165) is 24.8 Å². The molecule has 1 aromatic rings. The molecule has 0 aliphatic rings. The molecule has 0 heterocycles. The zero-order valence-corrected chi connectivity index (χ0v) is 12.3. The summed E-state index contributed by atoms with van der Waals surface area (Å²) in [5.41, 5.74) is 1.23. The van der Waals surface area contributed by atoms with Gasteiger partial charge < -0.3 is 10.6 Å². The van der Waals surface area contributed by atoms with Crippen LogP contribution < -0.4 is 10.6 Å². The summed E-state index contributed by atoms with van der Waals surface area (Å²) in [7, 11) is 0. The standard InChI is InChI=1S/C16H26N2O/c1-4-16(5-2,6-3)18-13-15(19)17-12-14-10-8-7-9-11-14/h7-11,18H,4-6,12-13H2,1-3H3,(H,17,19). The van der Waals surface area contributed by atoms with Crippen molar-refractivity contribution in [1.82, 2.24) is 10.6 Å². The van der Waals surface area contributed by atoms with E-state index in [1.807, 2.05) is 30.3 Å². The van der Waals surface area contributed by atoms with Crippen molar-refractivity contribution >= 4 is 5.91 Å². The van der Waals surface area contributed by atoms with Crippen molar-refractivity contribution in [3.63, 3.8) is 0 Å². The lowest BCUT2D eigenvalue weighted by Crippen LogP contribution is -2.48. The molecule has 0 radical (unpaired) electrons. The second-order valence-electron chi connectivity index (χ2n) is 4.96. The highest BCUT2D eigenvalue weighted by molar-refractivity contribution is 5.78. The first kappa shape index (κ1) is 15.7. The van der Waals surface area contributed by atoms with E-state index in [9.17, 15) is 4.79 Å². The van der Waals surface area contributed by atoms with Gasteiger partial charge in [0.25, 0.3) is 0 Å². The van der Waals surface area contributed by atoms with E-state index in [4.69, 9.17) is 0 Å². The smallest absolute Gasteiger partial charge is 0.234 e. The third-order valence-electron chi connectivity index (χ3n) is 3.99. The highest BCUT2D eigenvalue weighted by Gasteiger charge is 2.23. The lowest BCUT2D eigenvalue weighted by atomic mass is 9.90. The summed E-state index contributed by atoms with van der Waals surface area (Å²) in [5, 5.41) is 6.35. The Morgan fingerprint density at radius 2 is 1.63 bits per heavy atom. The summed E-state index contributed by atoms with van der Waals surface area (Å²) >= 11 is 0. The van der Waals surface area contributed by atoms with Crippen LogP contribution in [0, 0.1) is 0 Å². The van der Waals surface area contributed by atoms with Crippen LogP contribution in [0.3, 0.4) is 0 Å². The summed E-state index contributed by atoms with van der Waals surface area (Å²) in [6.07, 6.45) is 3.14. The van der Waals surface area contributed by atoms with Crippen LogP contribution in [-0.2, 0) is 11.3 Å². The number of nitrogens with one attached hydrogen (secondary N) is 2. The fourth-order valence-corrected chi connectivity index (χ4v) is 2.25. The fraction of sp³-hybridized carbons (Fsp3) is 0.562. The van der Waals surface area contributed by atoms with Gasteiger partial charge in [-0.15, -0.1) is 0 Å². The number of hydrogen-bond acceptors (Lipinski definition) is 2. The molecule has 106 valence electrons. The summed E-state index contributed by atoms with van der Waals surface area (Å²) in [6.45, 7) is 7.49. The van der Waals surface area contributed by atoms with Gasteiger partial charge in [-0.3, -0.25) is 4.79 Å². The molecule has 1 amide bonds. The molecule has 2 N–H and O–H groups in total. The predicted molar refractivity (Wildman–Crippen MR) is 79.9 cm³/mol. The average Bonchev–Trinajstić information content (AvgIpc) is 2.48. The second-order valence-corrected chi connectivity index (χ2v) is 4.96. The van der Waals surface area contributed by atoms with Crippen LogP contribution in [0.25, 0.3) is 0 Å². The molecule has 0 unspecified atom stereocenters. The Morgan fingerprint density at radius 1 is 1.05 bits per heavy atom. The molecule has 0 fully saturated rings. The molecular formula is C16H26N2O. The molecule has 0 bridgehead atoms. The molecule has 19 heavy (non-hydrogen) atoms. The first-order chi connectivity index (χ1) is 9.15. The van der Waals surface area contributed by atoms with E-state index in [-0.39, 0.29) is 11.4 Å². The van der Waals surface area contributed by atoms with Gasteiger partial charge in [-0.05, 0) is 24.8 Å². The monoisotopic (exact) mass is 262 g/mol. The van der Waals surface area contributed by atoms with Crippen LogP contribution >= 0.6 is 0 Å². The maximum Gasteiger partial charge on any atom is 0.234 e. The first-order valence-corrected chi connectivity index (χ1v) is 7.21. The van der Waals surface area contributed by atoms with Crippen molar-refractivity contribution in [1.29, 1.82) is 0 Å². The Hall–Kier alpha value is -1.35. The predicted octanol–water partition coefficient (Wildman–Crippen LogP) is 2.86. The lowest BCUT2D eigenvalue weighted by molar-refractivity contribution is -0.120. The molecule has 3 heteroatoms. The van der Waals surface area contributed by atoms with Crippen molar-refractivity contribution in [2.75, 3.05) is 6.54 Å². The summed E-state index contributed by atoms with van der Waals surface area (Å²) in [5.74, 6) is 0.0589. The zero-order chi connectivity index (χ0) is 14.1. The van der Waals surface area contributed by atoms with Crippen LogP contribution in [0.5, 0.6) is 0 Å². The van der Waals surface area contributed by atoms with Gasteiger partial charge in [0.2, 0.25) is 5.91 Å². The number of carbonyl (C=O) groups is 1. The molecule has 1 rings (SSSR count). The largest absolute Gasteiger partial charge is 0.351 e. The molecular weight excluding hydrogens is 236 g/mol. The van der Waals surface area contributed by atoms with Gasteiger partial charge in [-0.1, -0.05) is 51.1 Å². The number of rotatable bonds is 8. The van der Waals surface area contributed by atoms with E-state index < -0.39 is 0 Å². The van der Waals surface area contributed by atoms with Crippen LogP contribution in [0.1, 0.15) is 45.6 Å².